The number of hydrogen-bond acceptors (Lipinski definition) is 3. The summed E-state index contributed by atoms with van der Waals surface area (Å²) in [5, 5.41) is 9.40. The Labute approximate surface area is 117 Å². The summed E-state index contributed by atoms with van der Waals surface area (Å²) in [5.74, 6) is -0.372. The summed E-state index contributed by atoms with van der Waals surface area (Å²) in [7, 11) is 0. The Morgan fingerprint density at radius 2 is 2.35 bits per heavy atom. The van der Waals surface area contributed by atoms with E-state index in [2.05, 4.69) is 0 Å². The zero-order chi connectivity index (χ0) is 14.6. The Morgan fingerprint density at radius 1 is 1.55 bits per heavy atom. The van der Waals surface area contributed by atoms with Crippen LogP contribution in [0, 0.1) is 5.41 Å². The maximum absolute atomic E-state index is 12.1. The Morgan fingerprint density at radius 3 is 2.95 bits per heavy atom. The minimum atomic E-state index is -0.812. The molecule has 1 aromatic rings. The molecule has 2 rings (SSSR count). The fourth-order valence-electron chi connectivity index (χ4n) is 2.58. The van der Waals surface area contributed by atoms with Crippen LogP contribution in [0.2, 0.25) is 0 Å². The number of rotatable bonds is 4. The summed E-state index contributed by atoms with van der Waals surface area (Å²) >= 11 is 0. The number of furan rings is 1. The molecular formula is C15H19NO4. The van der Waals surface area contributed by atoms with Gasteiger partial charge in [0.1, 0.15) is 5.76 Å². The van der Waals surface area contributed by atoms with Crippen LogP contribution in [0.15, 0.2) is 28.9 Å². The first kappa shape index (κ1) is 14.4. The minimum absolute atomic E-state index is 0.167. The van der Waals surface area contributed by atoms with Gasteiger partial charge < -0.3 is 14.4 Å². The van der Waals surface area contributed by atoms with Gasteiger partial charge in [0.2, 0.25) is 5.91 Å². The van der Waals surface area contributed by atoms with Crippen molar-refractivity contribution in [1.29, 1.82) is 0 Å². The van der Waals surface area contributed by atoms with Crippen molar-refractivity contribution in [3.05, 3.63) is 30.2 Å². The van der Waals surface area contributed by atoms with Crippen LogP contribution in [0.25, 0.3) is 6.08 Å². The van der Waals surface area contributed by atoms with E-state index in [4.69, 9.17) is 4.42 Å². The Balaban J connectivity index is 2.05. The van der Waals surface area contributed by atoms with Gasteiger partial charge >= 0.3 is 5.97 Å². The maximum Gasteiger partial charge on any atom is 0.311 e. The molecule has 1 atom stereocenters. The number of carbonyl (C=O) groups is 2. The number of amides is 1. The number of hydrogen-bond donors (Lipinski definition) is 1. The minimum Gasteiger partial charge on any atom is -0.481 e. The number of carboxylic acids is 1. The molecule has 1 fully saturated rings. The molecule has 1 aliphatic rings. The van der Waals surface area contributed by atoms with E-state index in [1.165, 1.54) is 12.3 Å². The molecule has 1 saturated heterocycles. The first-order valence-corrected chi connectivity index (χ1v) is 6.81. The zero-order valence-electron chi connectivity index (χ0n) is 11.5. The molecule has 1 N–H and O–H groups in total. The topological polar surface area (TPSA) is 70.8 Å². The molecule has 108 valence electrons. The average Bonchev–Trinajstić information content (AvgIpc) is 2.97. The van der Waals surface area contributed by atoms with Crippen LogP contribution in [0.3, 0.4) is 0 Å². The highest BCUT2D eigenvalue weighted by Gasteiger charge is 2.41. The molecule has 0 aromatic carbocycles. The fourth-order valence-corrected chi connectivity index (χ4v) is 2.58. The van der Waals surface area contributed by atoms with Crippen molar-refractivity contribution >= 4 is 18.0 Å². The third-order valence-electron chi connectivity index (χ3n) is 3.95. The predicted octanol–water partition coefficient (Wildman–Crippen LogP) is 2.40. The molecule has 0 saturated carbocycles. The second-order valence-corrected chi connectivity index (χ2v) is 5.15. The standard InChI is InChI=1S/C15H19NO4/c1-2-15(14(18)19)8-4-9-16(11-15)13(17)7-6-12-5-3-10-20-12/h3,5-7,10H,2,4,8-9,11H2,1H3,(H,18,19). The molecule has 1 aliphatic heterocycles. The average molecular weight is 277 g/mol. The molecule has 1 unspecified atom stereocenters. The molecule has 20 heavy (non-hydrogen) atoms. The number of carbonyl (C=O) groups excluding carboxylic acids is 1. The van der Waals surface area contributed by atoms with Crippen LogP contribution in [-0.4, -0.2) is 35.0 Å². The molecule has 5 heteroatoms. The highest BCUT2D eigenvalue weighted by atomic mass is 16.4. The van der Waals surface area contributed by atoms with E-state index < -0.39 is 11.4 Å². The third kappa shape index (κ3) is 2.92. The molecule has 2 heterocycles. The normalized spacial score (nSPS) is 23.1. The molecule has 1 aromatic heterocycles. The van der Waals surface area contributed by atoms with Gasteiger partial charge in [0.25, 0.3) is 0 Å². The molecule has 0 aliphatic carbocycles. The number of aliphatic carboxylic acids is 1. The Kier molecular flexibility index (Phi) is 4.27. The molecule has 0 spiro atoms. The SMILES string of the molecule is CCC1(C(=O)O)CCCN(C(=O)C=Cc2ccco2)C1. The largest absolute Gasteiger partial charge is 0.481 e. The molecule has 5 nitrogen and oxygen atoms in total. The quantitative estimate of drug-likeness (QED) is 0.858. The predicted molar refractivity (Wildman–Crippen MR) is 73.9 cm³/mol. The van der Waals surface area contributed by atoms with Crippen molar-refractivity contribution < 1.29 is 19.1 Å². The summed E-state index contributed by atoms with van der Waals surface area (Å²) in [5.41, 5.74) is -0.799. The molecule has 0 bridgehead atoms. The first-order chi connectivity index (χ1) is 9.57. The van der Waals surface area contributed by atoms with Gasteiger partial charge in [-0.2, -0.15) is 0 Å². The first-order valence-electron chi connectivity index (χ1n) is 6.81. The van der Waals surface area contributed by atoms with E-state index in [0.29, 0.717) is 25.1 Å². The van der Waals surface area contributed by atoms with E-state index in [0.717, 1.165) is 6.42 Å². The van der Waals surface area contributed by atoms with Crippen molar-refractivity contribution in [2.45, 2.75) is 26.2 Å². The lowest BCUT2D eigenvalue weighted by Gasteiger charge is -2.39. The van der Waals surface area contributed by atoms with Gasteiger partial charge in [0, 0.05) is 19.2 Å². The number of likely N-dealkylation sites (tertiary alicyclic amines) is 1. The summed E-state index contributed by atoms with van der Waals surface area (Å²) in [6.07, 6.45) is 6.47. The third-order valence-corrected chi connectivity index (χ3v) is 3.95. The van der Waals surface area contributed by atoms with Crippen molar-refractivity contribution in [3.8, 4) is 0 Å². The van der Waals surface area contributed by atoms with E-state index >= 15 is 0 Å². The lowest BCUT2D eigenvalue weighted by atomic mass is 9.77. The highest BCUT2D eigenvalue weighted by molar-refractivity contribution is 5.92. The van der Waals surface area contributed by atoms with Crippen molar-refractivity contribution in [2.75, 3.05) is 13.1 Å². The van der Waals surface area contributed by atoms with E-state index in [-0.39, 0.29) is 12.5 Å². The van der Waals surface area contributed by atoms with Crippen LogP contribution in [0.4, 0.5) is 0 Å². The maximum atomic E-state index is 12.1. The summed E-state index contributed by atoms with van der Waals surface area (Å²) in [6, 6.07) is 3.51. The van der Waals surface area contributed by atoms with Gasteiger partial charge in [-0.15, -0.1) is 0 Å². The van der Waals surface area contributed by atoms with Gasteiger partial charge in [-0.05, 0) is 37.5 Å². The highest BCUT2D eigenvalue weighted by Crippen LogP contribution is 2.33. The second kappa shape index (κ2) is 5.94. The number of carboxylic acid groups (broad SMARTS) is 1. The van der Waals surface area contributed by atoms with Crippen LogP contribution in [0.5, 0.6) is 0 Å². The van der Waals surface area contributed by atoms with Crippen LogP contribution in [0.1, 0.15) is 31.9 Å². The molecule has 1 amide bonds. The van der Waals surface area contributed by atoms with Crippen molar-refractivity contribution in [2.24, 2.45) is 5.41 Å². The Bertz CT molecular complexity index is 506. The van der Waals surface area contributed by atoms with Crippen LogP contribution in [-0.2, 0) is 9.59 Å². The van der Waals surface area contributed by atoms with Gasteiger partial charge in [-0.25, -0.2) is 0 Å². The molecular weight excluding hydrogens is 258 g/mol. The fraction of sp³-hybridized carbons (Fsp3) is 0.467. The van der Waals surface area contributed by atoms with Crippen molar-refractivity contribution in [3.63, 3.8) is 0 Å². The van der Waals surface area contributed by atoms with Gasteiger partial charge in [0.05, 0.1) is 11.7 Å². The number of nitrogens with zero attached hydrogens (tertiary/aromatic N) is 1. The van der Waals surface area contributed by atoms with Crippen LogP contribution >= 0.6 is 0 Å². The van der Waals surface area contributed by atoms with Gasteiger partial charge in [-0.3, -0.25) is 9.59 Å². The molecule has 0 radical (unpaired) electrons. The Hall–Kier alpha value is -2.04. The van der Waals surface area contributed by atoms with Gasteiger partial charge in [0.15, 0.2) is 0 Å². The number of piperidine rings is 1. The van der Waals surface area contributed by atoms with Crippen molar-refractivity contribution in [1.82, 2.24) is 4.90 Å². The van der Waals surface area contributed by atoms with E-state index in [9.17, 15) is 14.7 Å². The summed E-state index contributed by atoms with van der Waals surface area (Å²) < 4.78 is 5.12. The zero-order valence-corrected chi connectivity index (χ0v) is 11.5. The summed E-state index contributed by atoms with van der Waals surface area (Å²) in [4.78, 5) is 25.2. The smallest absolute Gasteiger partial charge is 0.311 e. The monoisotopic (exact) mass is 277 g/mol. The lowest BCUT2D eigenvalue weighted by molar-refractivity contribution is -0.154. The van der Waals surface area contributed by atoms with Crippen LogP contribution < -0.4 is 0 Å². The van der Waals surface area contributed by atoms with Gasteiger partial charge in [-0.1, -0.05) is 6.92 Å². The summed E-state index contributed by atoms with van der Waals surface area (Å²) in [6.45, 7) is 2.75. The van der Waals surface area contributed by atoms with E-state index in [1.807, 2.05) is 6.92 Å². The second-order valence-electron chi connectivity index (χ2n) is 5.15. The van der Waals surface area contributed by atoms with E-state index in [1.54, 1.807) is 23.1 Å². The lowest BCUT2D eigenvalue weighted by Crippen LogP contribution is -2.49.